The largest absolute Gasteiger partial charge is 0.462 e. The zero-order valence-corrected chi connectivity index (χ0v) is 39.1. The normalized spacial score (nSPS) is 13.0. The summed E-state index contributed by atoms with van der Waals surface area (Å²) in [5, 5.41) is 0. The van der Waals surface area contributed by atoms with Crippen LogP contribution in [0.2, 0.25) is 0 Å². The summed E-state index contributed by atoms with van der Waals surface area (Å²) in [6, 6.07) is 0. The molecular formula is C55H88O6. The van der Waals surface area contributed by atoms with Crippen molar-refractivity contribution in [3.8, 4) is 0 Å². The van der Waals surface area contributed by atoms with Gasteiger partial charge in [0.2, 0.25) is 0 Å². The van der Waals surface area contributed by atoms with E-state index in [0.717, 1.165) is 122 Å². The molecule has 0 aromatic carbocycles. The fourth-order valence-corrected chi connectivity index (χ4v) is 6.08. The third-order valence-electron chi connectivity index (χ3n) is 9.76. The molecule has 0 aliphatic heterocycles. The van der Waals surface area contributed by atoms with Gasteiger partial charge in [-0.15, -0.1) is 0 Å². The van der Waals surface area contributed by atoms with Crippen LogP contribution in [0.4, 0.5) is 0 Å². The zero-order chi connectivity index (χ0) is 44.4. The predicted molar refractivity (Wildman–Crippen MR) is 260 cm³/mol. The molecule has 0 fully saturated rings. The second kappa shape index (κ2) is 48.7. The number of ether oxygens (including phenoxy) is 3. The van der Waals surface area contributed by atoms with E-state index in [-0.39, 0.29) is 38.0 Å². The fraction of sp³-hybridized carbons (Fsp3) is 0.618. The van der Waals surface area contributed by atoms with Crippen molar-refractivity contribution in [3.63, 3.8) is 0 Å². The maximum absolute atomic E-state index is 12.8. The van der Waals surface area contributed by atoms with Gasteiger partial charge in [-0.05, 0) is 96.3 Å². The van der Waals surface area contributed by atoms with Gasteiger partial charge < -0.3 is 14.2 Å². The molecule has 61 heavy (non-hydrogen) atoms. The van der Waals surface area contributed by atoms with Gasteiger partial charge in [-0.2, -0.15) is 0 Å². The molecular weight excluding hydrogens is 757 g/mol. The molecule has 0 aliphatic rings. The lowest BCUT2D eigenvalue weighted by atomic mass is 10.1. The molecule has 0 spiro atoms. The van der Waals surface area contributed by atoms with Crippen LogP contribution in [-0.4, -0.2) is 37.2 Å². The van der Waals surface area contributed by atoms with E-state index in [4.69, 9.17) is 14.2 Å². The van der Waals surface area contributed by atoms with Crippen LogP contribution in [0.5, 0.6) is 0 Å². The summed E-state index contributed by atoms with van der Waals surface area (Å²) < 4.78 is 16.6. The van der Waals surface area contributed by atoms with Crippen molar-refractivity contribution in [2.24, 2.45) is 0 Å². The van der Waals surface area contributed by atoms with Crippen molar-refractivity contribution in [3.05, 3.63) is 109 Å². The van der Waals surface area contributed by atoms with Gasteiger partial charge in [0.25, 0.3) is 0 Å². The quantitative estimate of drug-likeness (QED) is 0.0264. The van der Waals surface area contributed by atoms with Gasteiger partial charge in [-0.25, -0.2) is 0 Å². The summed E-state index contributed by atoms with van der Waals surface area (Å²) in [6.45, 7) is 6.30. The summed E-state index contributed by atoms with van der Waals surface area (Å²) in [5.74, 6) is -1.09. The molecule has 0 saturated heterocycles. The van der Waals surface area contributed by atoms with E-state index in [1.807, 2.05) is 6.08 Å². The summed E-state index contributed by atoms with van der Waals surface area (Å²) in [6.07, 6.45) is 65.2. The summed E-state index contributed by atoms with van der Waals surface area (Å²) in [7, 11) is 0. The fourth-order valence-electron chi connectivity index (χ4n) is 6.08. The van der Waals surface area contributed by atoms with Crippen LogP contribution < -0.4 is 0 Å². The number of esters is 3. The molecule has 0 saturated carbocycles. The van der Waals surface area contributed by atoms with E-state index < -0.39 is 12.1 Å². The van der Waals surface area contributed by atoms with Crippen LogP contribution in [0.25, 0.3) is 0 Å². The highest BCUT2D eigenvalue weighted by molar-refractivity contribution is 5.72. The highest BCUT2D eigenvalue weighted by Crippen LogP contribution is 2.12. The van der Waals surface area contributed by atoms with Crippen molar-refractivity contribution in [2.45, 2.75) is 207 Å². The van der Waals surface area contributed by atoms with Crippen LogP contribution in [0.3, 0.4) is 0 Å². The standard InChI is InChI=1S/C55H88O6/c1-4-7-10-13-16-19-22-25-28-31-33-36-39-42-45-48-54(57)60-51-52(61-55(58)49-46-43-40-37-34-30-27-24-21-18-15-12-9-6-3)50-59-53(56)47-44-41-38-35-32-29-26-23-20-17-14-11-8-5-2/h7,10,14-19,23-28,33,36,42,45,52H,4-6,8-9,11-13,20-22,29-32,34-35,37-41,43-44,46-51H2,1-3H3/b10-7-,17-14-,18-15-,19-16-,26-23-,27-24-,28-25-,36-33-,45-42-. The Bertz CT molecular complexity index is 1290. The smallest absolute Gasteiger partial charge is 0.309 e. The van der Waals surface area contributed by atoms with E-state index in [1.165, 1.54) is 38.5 Å². The monoisotopic (exact) mass is 845 g/mol. The van der Waals surface area contributed by atoms with E-state index in [9.17, 15) is 14.4 Å². The minimum Gasteiger partial charge on any atom is -0.462 e. The molecule has 0 radical (unpaired) electrons. The Balaban J connectivity index is 4.58. The number of unbranched alkanes of at least 4 members (excludes halogenated alkanes) is 14. The first-order valence-electron chi connectivity index (χ1n) is 24.4. The number of carbonyl (C=O) groups excluding carboxylic acids is 3. The molecule has 1 atom stereocenters. The lowest BCUT2D eigenvalue weighted by Crippen LogP contribution is -2.30. The molecule has 6 heteroatoms. The highest BCUT2D eigenvalue weighted by atomic mass is 16.6. The topological polar surface area (TPSA) is 78.9 Å². The van der Waals surface area contributed by atoms with Gasteiger partial charge in [-0.3, -0.25) is 14.4 Å². The molecule has 6 nitrogen and oxygen atoms in total. The Kier molecular flexibility index (Phi) is 45.6. The van der Waals surface area contributed by atoms with Crippen molar-refractivity contribution >= 4 is 17.9 Å². The molecule has 0 heterocycles. The predicted octanol–water partition coefficient (Wildman–Crippen LogP) is 16.0. The Morgan fingerprint density at radius 1 is 0.361 bits per heavy atom. The SMILES string of the molecule is CC/C=C\C/C=C\C/C=C\C/C=C\C/C=C\CC(=O)OCC(COC(=O)CCCCCCC/C=C\C/C=C\CCCC)OC(=O)CCCCCCC/C=C\C/C=C\CCCC. The van der Waals surface area contributed by atoms with Crippen molar-refractivity contribution < 1.29 is 28.6 Å². The molecule has 0 aliphatic carbocycles. The van der Waals surface area contributed by atoms with Crippen LogP contribution >= 0.6 is 0 Å². The first kappa shape index (κ1) is 57.1. The van der Waals surface area contributed by atoms with Gasteiger partial charge in [0.1, 0.15) is 13.2 Å². The molecule has 1 unspecified atom stereocenters. The third-order valence-corrected chi connectivity index (χ3v) is 9.76. The van der Waals surface area contributed by atoms with Gasteiger partial charge in [0.15, 0.2) is 6.10 Å². The number of allylic oxidation sites excluding steroid dienone is 17. The maximum atomic E-state index is 12.8. The second-order valence-electron chi connectivity index (χ2n) is 15.6. The second-order valence-corrected chi connectivity index (χ2v) is 15.6. The van der Waals surface area contributed by atoms with Crippen LogP contribution in [0.1, 0.15) is 201 Å². The zero-order valence-electron chi connectivity index (χ0n) is 39.1. The summed E-state index contributed by atoms with van der Waals surface area (Å²) in [4.78, 5) is 37.8. The third kappa shape index (κ3) is 47.0. The Labute approximate surface area is 374 Å². The minimum atomic E-state index is -0.832. The Morgan fingerprint density at radius 3 is 1.15 bits per heavy atom. The summed E-state index contributed by atoms with van der Waals surface area (Å²) >= 11 is 0. The van der Waals surface area contributed by atoms with Crippen molar-refractivity contribution in [1.82, 2.24) is 0 Å². The molecule has 0 bridgehead atoms. The highest BCUT2D eigenvalue weighted by Gasteiger charge is 2.19. The molecule has 0 aromatic heterocycles. The molecule has 0 aromatic rings. The Morgan fingerprint density at radius 2 is 0.705 bits per heavy atom. The van der Waals surface area contributed by atoms with Crippen molar-refractivity contribution in [2.75, 3.05) is 13.2 Å². The number of carbonyl (C=O) groups is 3. The van der Waals surface area contributed by atoms with E-state index in [2.05, 4.69) is 118 Å². The summed E-state index contributed by atoms with van der Waals surface area (Å²) in [5.41, 5.74) is 0. The average Bonchev–Trinajstić information content (AvgIpc) is 3.26. The number of hydrogen-bond donors (Lipinski definition) is 0. The van der Waals surface area contributed by atoms with Crippen LogP contribution in [0, 0.1) is 0 Å². The van der Waals surface area contributed by atoms with Crippen molar-refractivity contribution in [1.29, 1.82) is 0 Å². The van der Waals surface area contributed by atoms with Crippen LogP contribution in [0.15, 0.2) is 109 Å². The molecule has 344 valence electrons. The first-order valence-corrected chi connectivity index (χ1v) is 24.4. The maximum Gasteiger partial charge on any atom is 0.309 e. The van der Waals surface area contributed by atoms with Gasteiger partial charge >= 0.3 is 17.9 Å². The van der Waals surface area contributed by atoms with E-state index in [1.54, 1.807) is 6.08 Å². The van der Waals surface area contributed by atoms with E-state index >= 15 is 0 Å². The number of hydrogen-bond acceptors (Lipinski definition) is 6. The average molecular weight is 845 g/mol. The lowest BCUT2D eigenvalue weighted by molar-refractivity contribution is -0.166. The first-order chi connectivity index (χ1) is 30.0. The molecule has 0 amide bonds. The van der Waals surface area contributed by atoms with Gasteiger partial charge in [-0.1, -0.05) is 194 Å². The van der Waals surface area contributed by atoms with Gasteiger partial charge in [0.05, 0.1) is 6.42 Å². The van der Waals surface area contributed by atoms with Crippen LogP contribution in [-0.2, 0) is 28.6 Å². The molecule has 0 rings (SSSR count). The van der Waals surface area contributed by atoms with E-state index in [0.29, 0.717) is 6.42 Å². The lowest BCUT2D eigenvalue weighted by Gasteiger charge is -2.18. The minimum absolute atomic E-state index is 0.118. The Hall–Kier alpha value is -3.93. The van der Waals surface area contributed by atoms with Gasteiger partial charge in [0, 0.05) is 12.8 Å². The number of rotatable bonds is 42. The molecule has 0 N–H and O–H groups in total.